The molecule has 36 heavy (non-hydrogen) atoms. The van der Waals surface area contributed by atoms with Gasteiger partial charge in [-0.05, 0) is 31.5 Å². The number of piperazine rings is 1. The molecule has 1 fully saturated rings. The number of nitrogens with zero attached hydrogens (tertiary/aromatic N) is 5. The van der Waals surface area contributed by atoms with Gasteiger partial charge in [0.05, 0.1) is 5.52 Å². The first-order valence-electron chi connectivity index (χ1n) is 12.3. The molecule has 1 aliphatic rings. The molecule has 0 saturated carbocycles. The molecule has 1 aromatic carbocycles. The maximum Gasteiger partial charge on any atom is 0.433 e. The van der Waals surface area contributed by atoms with Gasteiger partial charge in [0.25, 0.3) is 0 Å². The Morgan fingerprint density at radius 2 is 1.72 bits per heavy atom. The van der Waals surface area contributed by atoms with Crippen LogP contribution in [0.1, 0.15) is 45.1 Å². The lowest BCUT2D eigenvalue weighted by atomic mass is 9.95. The maximum atomic E-state index is 13.4. The lowest BCUT2D eigenvalue weighted by molar-refractivity contribution is -0.141. The highest BCUT2D eigenvalue weighted by atomic mass is 19.4. The van der Waals surface area contributed by atoms with E-state index in [1.165, 1.54) is 0 Å². The first-order chi connectivity index (χ1) is 17.0. The second kappa shape index (κ2) is 10.5. The van der Waals surface area contributed by atoms with Crippen molar-refractivity contribution in [2.45, 2.75) is 45.2 Å². The smallest absolute Gasteiger partial charge is 0.354 e. The van der Waals surface area contributed by atoms with Gasteiger partial charge in [-0.3, -0.25) is 9.47 Å². The van der Waals surface area contributed by atoms with Crippen LogP contribution in [0.25, 0.3) is 10.9 Å². The molecule has 1 amide bonds. The van der Waals surface area contributed by atoms with Crippen LogP contribution in [0, 0.1) is 0 Å². The second-order valence-electron chi connectivity index (χ2n) is 10.2. The van der Waals surface area contributed by atoms with Gasteiger partial charge in [-0.25, -0.2) is 14.8 Å². The van der Waals surface area contributed by atoms with Gasteiger partial charge in [-0.15, -0.1) is 0 Å². The fourth-order valence-electron chi connectivity index (χ4n) is 4.28. The number of nitrogens with one attached hydrogen (secondary N) is 1. The molecule has 0 aliphatic carbocycles. The van der Waals surface area contributed by atoms with Crippen LogP contribution in [-0.4, -0.2) is 64.7 Å². The van der Waals surface area contributed by atoms with E-state index in [2.05, 4.69) is 20.2 Å². The van der Waals surface area contributed by atoms with Crippen molar-refractivity contribution in [2.75, 3.05) is 44.2 Å². The van der Waals surface area contributed by atoms with Crippen LogP contribution < -0.4 is 10.2 Å². The van der Waals surface area contributed by atoms with Gasteiger partial charge in [0.15, 0.2) is 0 Å². The molecule has 0 spiro atoms. The van der Waals surface area contributed by atoms with Crippen molar-refractivity contribution in [3.63, 3.8) is 0 Å². The van der Waals surface area contributed by atoms with Crippen LogP contribution in [0.3, 0.4) is 0 Å². The number of amides is 1. The van der Waals surface area contributed by atoms with E-state index in [0.29, 0.717) is 25.5 Å². The fraction of sp³-hybridized carbons (Fsp3) is 0.500. The molecule has 10 heteroatoms. The summed E-state index contributed by atoms with van der Waals surface area (Å²) in [7, 11) is 0. The molecule has 0 bridgehead atoms. The molecule has 3 aromatic rings. The summed E-state index contributed by atoms with van der Waals surface area (Å²) in [5.41, 5.74) is -0.592. The SMILES string of the molecule is CC(C)(C)c1nc(N2CCN(CCCCNC(=O)n3ccc4ccccc43)CC2)cc(C(F)(F)F)n1. The number of aromatic nitrogens is 3. The summed E-state index contributed by atoms with van der Waals surface area (Å²) in [6.07, 6.45) is -0.962. The third-order valence-corrected chi connectivity index (χ3v) is 6.37. The van der Waals surface area contributed by atoms with E-state index in [1.54, 1.807) is 10.8 Å². The van der Waals surface area contributed by atoms with Crippen molar-refractivity contribution in [3.8, 4) is 0 Å². The number of carbonyl (C=O) groups is 1. The van der Waals surface area contributed by atoms with Gasteiger partial charge in [-0.1, -0.05) is 39.0 Å². The molecule has 1 aliphatic heterocycles. The minimum atomic E-state index is -4.51. The van der Waals surface area contributed by atoms with Crippen molar-refractivity contribution in [1.29, 1.82) is 0 Å². The number of halogens is 3. The molecule has 2 aromatic heterocycles. The third kappa shape index (κ3) is 6.16. The van der Waals surface area contributed by atoms with Gasteiger partial charge in [0.2, 0.25) is 0 Å². The van der Waals surface area contributed by atoms with E-state index in [4.69, 9.17) is 0 Å². The zero-order valence-corrected chi connectivity index (χ0v) is 21.0. The Bertz CT molecular complexity index is 1160. The molecule has 1 N–H and O–H groups in total. The van der Waals surface area contributed by atoms with Crippen LogP contribution in [0.4, 0.5) is 23.8 Å². The van der Waals surface area contributed by atoms with Crippen molar-refractivity contribution >= 4 is 22.8 Å². The minimum Gasteiger partial charge on any atom is -0.354 e. The predicted octanol–water partition coefficient (Wildman–Crippen LogP) is 4.91. The Morgan fingerprint density at radius 3 is 2.42 bits per heavy atom. The van der Waals surface area contributed by atoms with Crippen molar-refractivity contribution in [1.82, 2.24) is 24.8 Å². The van der Waals surface area contributed by atoms with Gasteiger partial charge in [0.1, 0.15) is 17.3 Å². The largest absolute Gasteiger partial charge is 0.433 e. The second-order valence-corrected chi connectivity index (χ2v) is 10.2. The lowest BCUT2D eigenvalue weighted by Crippen LogP contribution is -2.47. The van der Waals surface area contributed by atoms with Gasteiger partial charge < -0.3 is 10.2 Å². The number of rotatable bonds is 6. The molecular formula is C26H33F3N6O. The minimum absolute atomic E-state index is 0.137. The first-order valence-corrected chi connectivity index (χ1v) is 12.3. The molecule has 0 atom stereocenters. The summed E-state index contributed by atoms with van der Waals surface area (Å²) in [5, 5.41) is 4.00. The highest BCUT2D eigenvalue weighted by Crippen LogP contribution is 2.32. The van der Waals surface area contributed by atoms with Gasteiger partial charge >= 0.3 is 12.2 Å². The molecule has 7 nitrogen and oxygen atoms in total. The Morgan fingerprint density at radius 1 is 1.00 bits per heavy atom. The van der Waals surface area contributed by atoms with E-state index in [1.807, 2.05) is 56.0 Å². The zero-order valence-electron chi connectivity index (χ0n) is 21.0. The number of alkyl halides is 3. The number of benzene rings is 1. The van der Waals surface area contributed by atoms with Crippen molar-refractivity contribution in [3.05, 3.63) is 54.1 Å². The number of para-hydroxylation sites is 1. The van der Waals surface area contributed by atoms with Crippen molar-refractivity contribution in [2.24, 2.45) is 0 Å². The normalized spacial score (nSPS) is 15.4. The molecule has 0 radical (unpaired) electrons. The van der Waals surface area contributed by atoms with Crippen LogP contribution in [0.5, 0.6) is 0 Å². The number of anilines is 1. The van der Waals surface area contributed by atoms with Crippen LogP contribution in [-0.2, 0) is 11.6 Å². The number of fused-ring (bicyclic) bond motifs is 1. The Labute approximate surface area is 209 Å². The van der Waals surface area contributed by atoms with Crippen LogP contribution >= 0.6 is 0 Å². The summed E-state index contributed by atoms with van der Waals surface area (Å²) < 4.78 is 41.9. The summed E-state index contributed by atoms with van der Waals surface area (Å²) in [5.74, 6) is 0.534. The number of hydrogen-bond acceptors (Lipinski definition) is 5. The Hall–Kier alpha value is -3.14. The Balaban J connectivity index is 1.23. The maximum absolute atomic E-state index is 13.4. The van der Waals surface area contributed by atoms with E-state index >= 15 is 0 Å². The number of hydrogen-bond donors (Lipinski definition) is 1. The zero-order chi connectivity index (χ0) is 25.9. The van der Waals surface area contributed by atoms with Gasteiger partial charge in [0, 0.05) is 55.8 Å². The fourth-order valence-corrected chi connectivity index (χ4v) is 4.28. The van der Waals surface area contributed by atoms with Crippen molar-refractivity contribution < 1.29 is 18.0 Å². The molecule has 0 unspecified atom stereocenters. The monoisotopic (exact) mass is 502 g/mol. The number of unbranched alkanes of at least 4 members (excludes halogenated alkanes) is 1. The molecular weight excluding hydrogens is 469 g/mol. The Kier molecular flexibility index (Phi) is 7.54. The quantitative estimate of drug-likeness (QED) is 0.486. The molecule has 1 saturated heterocycles. The highest BCUT2D eigenvalue weighted by molar-refractivity contribution is 5.91. The lowest BCUT2D eigenvalue weighted by Gasteiger charge is -2.36. The van der Waals surface area contributed by atoms with E-state index in [-0.39, 0.29) is 11.9 Å². The van der Waals surface area contributed by atoms with Gasteiger partial charge in [-0.2, -0.15) is 13.2 Å². The standard InChI is InChI=1S/C26H33F3N6O/c1-25(2,3)23-31-21(26(27,28)29)18-22(32-23)34-16-14-33(15-17-34)12-7-6-11-30-24(36)35-13-10-19-8-4-5-9-20(19)35/h4-5,8-10,13,18H,6-7,11-12,14-17H2,1-3H3,(H,30,36). The summed E-state index contributed by atoms with van der Waals surface area (Å²) in [6.45, 7) is 9.61. The molecule has 3 heterocycles. The van der Waals surface area contributed by atoms with E-state index in [9.17, 15) is 18.0 Å². The first kappa shape index (κ1) is 25.9. The van der Waals surface area contributed by atoms with E-state index in [0.717, 1.165) is 49.4 Å². The highest BCUT2D eigenvalue weighted by Gasteiger charge is 2.36. The molecule has 4 rings (SSSR count). The van der Waals surface area contributed by atoms with Crippen LogP contribution in [0.15, 0.2) is 42.6 Å². The summed E-state index contributed by atoms with van der Waals surface area (Å²) >= 11 is 0. The third-order valence-electron chi connectivity index (χ3n) is 6.37. The molecule has 194 valence electrons. The van der Waals surface area contributed by atoms with Crippen LogP contribution in [0.2, 0.25) is 0 Å². The topological polar surface area (TPSA) is 66.3 Å². The predicted molar refractivity (Wildman–Crippen MR) is 134 cm³/mol. The summed E-state index contributed by atoms with van der Waals surface area (Å²) in [6, 6.07) is 10.6. The summed E-state index contributed by atoms with van der Waals surface area (Å²) in [4.78, 5) is 24.9. The average molecular weight is 503 g/mol. The average Bonchev–Trinajstić information content (AvgIpc) is 3.27. The van der Waals surface area contributed by atoms with E-state index < -0.39 is 17.3 Å². The number of carbonyl (C=O) groups excluding carboxylic acids is 1.